The lowest BCUT2D eigenvalue weighted by molar-refractivity contribution is -0.136. The molecule has 1 amide bonds. The van der Waals surface area contributed by atoms with Gasteiger partial charge in [0, 0.05) is 24.6 Å². The summed E-state index contributed by atoms with van der Waals surface area (Å²) in [4.78, 5) is 11.9. The van der Waals surface area contributed by atoms with Gasteiger partial charge in [0.2, 0.25) is 0 Å². The highest BCUT2D eigenvalue weighted by atomic mass is 19.4. The number of aryl methyl sites for hydroxylation is 1. The monoisotopic (exact) mass is 284 g/mol. The molecule has 0 bridgehead atoms. The Morgan fingerprint density at radius 3 is 2.60 bits per heavy atom. The van der Waals surface area contributed by atoms with Crippen molar-refractivity contribution in [2.24, 2.45) is 7.05 Å². The number of amides is 1. The van der Waals surface area contributed by atoms with Gasteiger partial charge in [-0.15, -0.1) is 0 Å². The van der Waals surface area contributed by atoms with Crippen LogP contribution in [-0.2, 0) is 13.2 Å². The molecular formula is C12H11F3N4O. The zero-order valence-corrected chi connectivity index (χ0v) is 10.4. The molecule has 3 N–H and O–H groups in total. The van der Waals surface area contributed by atoms with Gasteiger partial charge in [0.1, 0.15) is 5.69 Å². The van der Waals surface area contributed by atoms with E-state index in [9.17, 15) is 18.0 Å². The molecule has 1 heterocycles. The summed E-state index contributed by atoms with van der Waals surface area (Å²) < 4.78 is 39.4. The quantitative estimate of drug-likeness (QED) is 0.831. The van der Waals surface area contributed by atoms with Gasteiger partial charge < -0.3 is 11.1 Å². The normalized spacial score (nSPS) is 11.4. The fourth-order valence-electron chi connectivity index (χ4n) is 1.67. The second kappa shape index (κ2) is 4.87. The molecule has 0 aliphatic rings. The van der Waals surface area contributed by atoms with Crippen LogP contribution in [0.15, 0.2) is 30.5 Å². The second-order valence-corrected chi connectivity index (χ2v) is 4.09. The van der Waals surface area contributed by atoms with Crippen molar-refractivity contribution in [1.29, 1.82) is 0 Å². The molecule has 1 aromatic heterocycles. The first-order chi connectivity index (χ1) is 9.29. The average Bonchev–Trinajstić information content (AvgIpc) is 2.76. The number of aromatic nitrogens is 2. The molecule has 0 saturated heterocycles. The van der Waals surface area contributed by atoms with Crippen LogP contribution in [0.25, 0.3) is 0 Å². The molecule has 106 valence electrons. The molecule has 0 unspecified atom stereocenters. The van der Waals surface area contributed by atoms with E-state index in [2.05, 4.69) is 10.4 Å². The van der Waals surface area contributed by atoms with Gasteiger partial charge in [-0.2, -0.15) is 18.3 Å². The molecule has 2 aromatic rings. The van der Waals surface area contributed by atoms with Crippen LogP contribution in [0.2, 0.25) is 0 Å². The third-order valence-corrected chi connectivity index (χ3v) is 2.67. The van der Waals surface area contributed by atoms with Crippen LogP contribution in [0.4, 0.5) is 24.5 Å². The first-order valence-electron chi connectivity index (χ1n) is 5.55. The first-order valence-corrected chi connectivity index (χ1v) is 5.55. The summed E-state index contributed by atoms with van der Waals surface area (Å²) >= 11 is 0. The molecule has 0 atom stereocenters. The topological polar surface area (TPSA) is 72.9 Å². The maximum atomic E-state index is 12.7. The molecule has 20 heavy (non-hydrogen) atoms. The van der Waals surface area contributed by atoms with Gasteiger partial charge in [-0.25, -0.2) is 0 Å². The third-order valence-electron chi connectivity index (χ3n) is 2.67. The van der Waals surface area contributed by atoms with Crippen LogP contribution in [0.3, 0.4) is 0 Å². The molecule has 2 rings (SSSR count). The number of carbonyl (C=O) groups is 1. The Balaban J connectivity index is 2.27. The summed E-state index contributed by atoms with van der Waals surface area (Å²) in [5.74, 6) is -0.553. The SMILES string of the molecule is Cn1nccc1C(=O)Nc1ccc(N)c(C(F)(F)F)c1. The minimum Gasteiger partial charge on any atom is -0.398 e. The van der Waals surface area contributed by atoms with Crippen molar-refractivity contribution in [2.75, 3.05) is 11.1 Å². The molecule has 0 radical (unpaired) electrons. The van der Waals surface area contributed by atoms with Gasteiger partial charge in [0.05, 0.1) is 5.56 Å². The van der Waals surface area contributed by atoms with Crippen molar-refractivity contribution in [1.82, 2.24) is 9.78 Å². The summed E-state index contributed by atoms with van der Waals surface area (Å²) in [6.07, 6.45) is -3.16. The Labute approximate surface area is 112 Å². The zero-order valence-electron chi connectivity index (χ0n) is 10.4. The molecule has 1 aromatic carbocycles. The van der Waals surface area contributed by atoms with Crippen molar-refractivity contribution in [3.05, 3.63) is 41.7 Å². The lowest BCUT2D eigenvalue weighted by Crippen LogP contribution is -2.17. The Bertz CT molecular complexity index is 648. The number of anilines is 2. The zero-order chi connectivity index (χ0) is 14.9. The molecule has 0 spiro atoms. The van der Waals surface area contributed by atoms with Gasteiger partial charge >= 0.3 is 6.18 Å². The molecular weight excluding hydrogens is 273 g/mol. The third kappa shape index (κ3) is 2.73. The number of hydrogen-bond donors (Lipinski definition) is 2. The summed E-state index contributed by atoms with van der Waals surface area (Å²) in [6, 6.07) is 4.65. The van der Waals surface area contributed by atoms with E-state index >= 15 is 0 Å². The summed E-state index contributed by atoms with van der Waals surface area (Å²) in [5.41, 5.74) is 4.14. The van der Waals surface area contributed by atoms with Crippen molar-refractivity contribution in [3.63, 3.8) is 0 Å². The van der Waals surface area contributed by atoms with E-state index in [0.717, 1.165) is 12.1 Å². The number of nitrogens with one attached hydrogen (secondary N) is 1. The van der Waals surface area contributed by atoms with Gasteiger partial charge in [-0.3, -0.25) is 9.48 Å². The summed E-state index contributed by atoms with van der Waals surface area (Å²) in [6.45, 7) is 0. The lowest BCUT2D eigenvalue weighted by Gasteiger charge is -2.12. The van der Waals surface area contributed by atoms with Crippen molar-refractivity contribution in [3.8, 4) is 0 Å². The van der Waals surface area contributed by atoms with Crippen LogP contribution < -0.4 is 11.1 Å². The van der Waals surface area contributed by atoms with Crippen molar-refractivity contribution < 1.29 is 18.0 Å². The van der Waals surface area contributed by atoms with Crippen LogP contribution in [-0.4, -0.2) is 15.7 Å². The second-order valence-electron chi connectivity index (χ2n) is 4.09. The van der Waals surface area contributed by atoms with Crippen molar-refractivity contribution in [2.45, 2.75) is 6.18 Å². The fourth-order valence-corrected chi connectivity index (χ4v) is 1.67. The van der Waals surface area contributed by atoms with Gasteiger partial charge in [-0.05, 0) is 24.3 Å². The number of alkyl halides is 3. The first kappa shape index (κ1) is 13.9. The van der Waals surface area contributed by atoms with E-state index in [1.165, 1.54) is 23.0 Å². The smallest absolute Gasteiger partial charge is 0.398 e. The number of rotatable bonds is 2. The van der Waals surface area contributed by atoms with E-state index in [0.29, 0.717) is 0 Å². The molecule has 0 saturated carbocycles. The van der Waals surface area contributed by atoms with Crippen LogP contribution in [0, 0.1) is 0 Å². The Kier molecular flexibility index (Phi) is 3.39. The highest BCUT2D eigenvalue weighted by molar-refractivity contribution is 6.03. The van der Waals surface area contributed by atoms with Gasteiger partial charge in [-0.1, -0.05) is 0 Å². The lowest BCUT2D eigenvalue weighted by atomic mass is 10.1. The number of carbonyl (C=O) groups excluding carboxylic acids is 1. The summed E-state index contributed by atoms with van der Waals surface area (Å²) in [5, 5.41) is 6.18. The predicted molar refractivity (Wildman–Crippen MR) is 67.0 cm³/mol. The highest BCUT2D eigenvalue weighted by Gasteiger charge is 2.33. The highest BCUT2D eigenvalue weighted by Crippen LogP contribution is 2.35. The van der Waals surface area contributed by atoms with Gasteiger partial charge in [0.15, 0.2) is 0 Å². The van der Waals surface area contributed by atoms with E-state index in [1.54, 1.807) is 7.05 Å². The molecule has 0 aliphatic heterocycles. The number of nitrogens with two attached hydrogens (primary N) is 1. The summed E-state index contributed by atoms with van der Waals surface area (Å²) in [7, 11) is 1.55. The predicted octanol–water partition coefficient (Wildman–Crippen LogP) is 2.27. The number of nitrogen functional groups attached to an aromatic ring is 1. The Morgan fingerprint density at radius 2 is 2.05 bits per heavy atom. The van der Waals surface area contributed by atoms with E-state index < -0.39 is 23.3 Å². The standard InChI is InChI=1S/C12H11F3N4O/c1-19-10(4-5-17-19)11(20)18-7-2-3-9(16)8(6-7)12(13,14)15/h2-6H,16H2,1H3,(H,18,20). The van der Waals surface area contributed by atoms with Crippen molar-refractivity contribution >= 4 is 17.3 Å². The Hall–Kier alpha value is -2.51. The van der Waals surface area contributed by atoms with E-state index in [1.807, 2.05) is 0 Å². The largest absolute Gasteiger partial charge is 0.418 e. The number of nitrogens with zero attached hydrogens (tertiary/aromatic N) is 2. The molecule has 8 heteroatoms. The minimum absolute atomic E-state index is 0.0118. The number of hydrogen-bond acceptors (Lipinski definition) is 3. The van der Waals surface area contributed by atoms with E-state index in [4.69, 9.17) is 5.73 Å². The number of halogens is 3. The van der Waals surface area contributed by atoms with Gasteiger partial charge in [0.25, 0.3) is 5.91 Å². The average molecular weight is 284 g/mol. The van der Waals surface area contributed by atoms with E-state index in [-0.39, 0.29) is 11.4 Å². The van der Waals surface area contributed by atoms with Crippen LogP contribution in [0.1, 0.15) is 16.1 Å². The maximum Gasteiger partial charge on any atom is 0.418 e. The minimum atomic E-state index is -4.57. The maximum absolute atomic E-state index is 12.7. The van der Waals surface area contributed by atoms with Crippen LogP contribution in [0.5, 0.6) is 0 Å². The van der Waals surface area contributed by atoms with Crippen LogP contribution >= 0.6 is 0 Å². The number of benzene rings is 1. The molecule has 0 fully saturated rings. The molecule has 0 aliphatic carbocycles. The fraction of sp³-hybridized carbons (Fsp3) is 0.167. The molecule has 5 nitrogen and oxygen atoms in total. The Morgan fingerprint density at radius 1 is 1.35 bits per heavy atom.